The molecule has 124 valence electrons. The largest absolute Gasteiger partial charge is 0.497 e. The highest BCUT2D eigenvalue weighted by Crippen LogP contribution is 2.51. The number of methoxy groups -OCH3 is 1. The summed E-state index contributed by atoms with van der Waals surface area (Å²) in [4.78, 5) is 16.8. The predicted molar refractivity (Wildman–Crippen MR) is 85.3 cm³/mol. The first kappa shape index (κ1) is 14.9. The van der Waals surface area contributed by atoms with Crippen LogP contribution in [0, 0.1) is 17.8 Å². The smallest absolute Gasteiger partial charge is 0.270 e. The lowest BCUT2D eigenvalue weighted by Crippen LogP contribution is -2.63. The van der Waals surface area contributed by atoms with Crippen LogP contribution < -0.4 is 10.1 Å². The zero-order chi connectivity index (χ0) is 15.8. The Kier molecular flexibility index (Phi) is 3.97. The van der Waals surface area contributed by atoms with Crippen molar-refractivity contribution in [1.82, 2.24) is 10.3 Å². The number of carbonyl (C=O) groups is 1. The monoisotopic (exact) mass is 316 g/mol. The van der Waals surface area contributed by atoms with Gasteiger partial charge in [-0.1, -0.05) is 25.7 Å². The molecular weight excluding hydrogens is 292 g/mol. The van der Waals surface area contributed by atoms with E-state index in [4.69, 9.17) is 9.47 Å². The number of pyridine rings is 1. The number of amides is 1. The summed E-state index contributed by atoms with van der Waals surface area (Å²) >= 11 is 0. The summed E-state index contributed by atoms with van der Waals surface area (Å²) in [6.07, 6.45) is 8.23. The lowest BCUT2D eigenvalue weighted by Gasteiger charge is -2.50. The molecule has 5 heteroatoms. The van der Waals surface area contributed by atoms with Gasteiger partial charge in [0.2, 0.25) is 0 Å². The molecule has 1 N–H and O–H groups in total. The Morgan fingerprint density at radius 2 is 2.17 bits per heavy atom. The number of hydrogen-bond donors (Lipinski definition) is 1. The van der Waals surface area contributed by atoms with E-state index in [0.29, 0.717) is 35.3 Å². The van der Waals surface area contributed by atoms with E-state index in [1.165, 1.54) is 25.7 Å². The maximum Gasteiger partial charge on any atom is 0.270 e. The highest BCUT2D eigenvalue weighted by Gasteiger charge is 2.57. The Morgan fingerprint density at radius 1 is 1.35 bits per heavy atom. The molecule has 3 fully saturated rings. The molecule has 4 rings (SSSR count). The summed E-state index contributed by atoms with van der Waals surface area (Å²) < 4.78 is 11.1. The second-order valence-corrected chi connectivity index (χ2v) is 6.99. The summed E-state index contributed by atoms with van der Waals surface area (Å²) in [5, 5.41) is 3.25. The SMILES string of the molecule is COc1ccnc(C(=O)NC2C3CCOC3C2C2CCCC2)c1. The number of ether oxygens (including phenoxy) is 2. The summed E-state index contributed by atoms with van der Waals surface area (Å²) in [5.74, 6) is 2.24. The molecule has 1 aliphatic heterocycles. The van der Waals surface area contributed by atoms with Crippen molar-refractivity contribution in [1.29, 1.82) is 0 Å². The fourth-order valence-electron chi connectivity index (χ4n) is 4.75. The fourth-order valence-corrected chi connectivity index (χ4v) is 4.75. The van der Waals surface area contributed by atoms with Crippen LogP contribution in [0.3, 0.4) is 0 Å². The number of fused-ring (bicyclic) bond motifs is 1. The molecule has 1 amide bonds. The van der Waals surface area contributed by atoms with Crippen LogP contribution >= 0.6 is 0 Å². The van der Waals surface area contributed by atoms with Crippen LogP contribution in [0.5, 0.6) is 5.75 Å². The molecule has 0 bridgehead atoms. The summed E-state index contributed by atoms with van der Waals surface area (Å²) in [5.41, 5.74) is 0.428. The van der Waals surface area contributed by atoms with Crippen molar-refractivity contribution in [2.24, 2.45) is 17.8 Å². The van der Waals surface area contributed by atoms with Crippen LogP contribution in [-0.2, 0) is 4.74 Å². The average Bonchev–Trinajstić information content (AvgIpc) is 3.23. The van der Waals surface area contributed by atoms with Gasteiger partial charge in [0.1, 0.15) is 11.4 Å². The predicted octanol–water partition coefficient (Wildman–Crippen LogP) is 2.41. The molecule has 2 aliphatic carbocycles. The van der Waals surface area contributed by atoms with Gasteiger partial charge in [-0.2, -0.15) is 0 Å². The molecular formula is C18H24N2O3. The molecule has 2 saturated carbocycles. The number of carbonyl (C=O) groups excluding carboxylic acids is 1. The van der Waals surface area contributed by atoms with Gasteiger partial charge in [0.05, 0.1) is 13.2 Å². The Hall–Kier alpha value is -1.62. The highest BCUT2D eigenvalue weighted by atomic mass is 16.5. The first-order chi connectivity index (χ1) is 11.3. The normalized spacial score (nSPS) is 33.1. The van der Waals surface area contributed by atoms with Gasteiger partial charge in [0, 0.05) is 36.7 Å². The Labute approximate surface area is 136 Å². The lowest BCUT2D eigenvalue weighted by molar-refractivity contribution is -0.0784. The quantitative estimate of drug-likeness (QED) is 0.927. The summed E-state index contributed by atoms with van der Waals surface area (Å²) in [6, 6.07) is 3.69. The molecule has 5 nitrogen and oxygen atoms in total. The number of nitrogens with zero attached hydrogens (tertiary/aromatic N) is 1. The average molecular weight is 316 g/mol. The minimum Gasteiger partial charge on any atom is -0.497 e. The summed E-state index contributed by atoms with van der Waals surface area (Å²) in [6.45, 7) is 0.836. The van der Waals surface area contributed by atoms with Crippen molar-refractivity contribution >= 4 is 5.91 Å². The molecule has 0 aromatic carbocycles. The topological polar surface area (TPSA) is 60.5 Å². The van der Waals surface area contributed by atoms with Crippen molar-refractivity contribution in [3.63, 3.8) is 0 Å². The van der Waals surface area contributed by atoms with E-state index in [0.717, 1.165) is 13.0 Å². The minimum atomic E-state index is -0.0951. The molecule has 2 heterocycles. The second kappa shape index (κ2) is 6.11. The van der Waals surface area contributed by atoms with Crippen LogP contribution in [0.15, 0.2) is 18.3 Å². The van der Waals surface area contributed by atoms with Gasteiger partial charge >= 0.3 is 0 Å². The Morgan fingerprint density at radius 3 is 2.96 bits per heavy atom. The van der Waals surface area contributed by atoms with E-state index >= 15 is 0 Å². The van der Waals surface area contributed by atoms with Gasteiger partial charge in [-0.3, -0.25) is 9.78 Å². The number of aromatic nitrogens is 1. The van der Waals surface area contributed by atoms with Crippen LogP contribution in [0.25, 0.3) is 0 Å². The zero-order valence-corrected chi connectivity index (χ0v) is 13.5. The summed E-state index contributed by atoms with van der Waals surface area (Å²) in [7, 11) is 1.60. The molecule has 0 spiro atoms. The van der Waals surface area contributed by atoms with Gasteiger partial charge in [-0.25, -0.2) is 0 Å². The fraction of sp³-hybridized carbons (Fsp3) is 0.667. The molecule has 1 saturated heterocycles. The van der Waals surface area contributed by atoms with Crippen LogP contribution in [0.1, 0.15) is 42.6 Å². The molecule has 3 aliphatic rings. The van der Waals surface area contributed by atoms with Crippen LogP contribution in [0.4, 0.5) is 0 Å². The minimum absolute atomic E-state index is 0.0951. The molecule has 0 radical (unpaired) electrons. The van der Waals surface area contributed by atoms with Crippen molar-refractivity contribution in [2.45, 2.75) is 44.2 Å². The Bertz CT molecular complexity index is 581. The third-order valence-electron chi connectivity index (χ3n) is 5.88. The van der Waals surface area contributed by atoms with Gasteiger partial charge in [-0.15, -0.1) is 0 Å². The molecule has 23 heavy (non-hydrogen) atoms. The first-order valence-corrected chi connectivity index (χ1v) is 8.70. The third kappa shape index (κ3) is 2.61. The standard InChI is InChI=1S/C18H24N2O3/c1-22-12-6-8-19-14(10-12)18(21)20-16-13-7-9-23-17(13)15(16)11-4-2-3-5-11/h6,8,10-11,13,15-17H,2-5,7,9H2,1H3,(H,20,21). The van der Waals surface area contributed by atoms with Gasteiger partial charge in [-0.05, 0) is 18.4 Å². The van der Waals surface area contributed by atoms with E-state index < -0.39 is 0 Å². The van der Waals surface area contributed by atoms with Crippen molar-refractivity contribution < 1.29 is 14.3 Å². The molecule has 4 unspecified atom stereocenters. The molecule has 4 atom stereocenters. The van der Waals surface area contributed by atoms with Crippen molar-refractivity contribution in [2.75, 3.05) is 13.7 Å². The van der Waals surface area contributed by atoms with E-state index in [-0.39, 0.29) is 11.9 Å². The van der Waals surface area contributed by atoms with Gasteiger partial charge in [0.25, 0.3) is 5.91 Å². The van der Waals surface area contributed by atoms with E-state index in [1.807, 2.05) is 0 Å². The third-order valence-corrected chi connectivity index (χ3v) is 5.88. The number of nitrogens with one attached hydrogen (secondary N) is 1. The van der Waals surface area contributed by atoms with Gasteiger partial charge in [0.15, 0.2) is 0 Å². The van der Waals surface area contributed by atoms with Gasteiger partial charge < -0.3 is 14.8 Å². The van der Waals surface area contributed by atoms with E-state index in [2.05, 4.69) is 10.3 Å². The van der Waals surface area contributed by atoms with Crippen LogP contribution in [0.2, 0.25) is 0 Å². The first-order valence-electron chi connectivity index (χ1n) is 8.70. The zero-order valence-electron chi connectivity index (χ0n) is 13.5. The number of rotatable bonds is 4. The maximum absolute atomic E-state index is 12.6. The number of hydrogen-bond acceptors (Lipinski definition) is 4. The molecule has 1 aromatic heterocycles. The Balaban J connectivity index is 1.48. The second-order valence-electron chi connectivity index (χ2n) is 6.99. The lowest BCUT2D eigenvalue weighted by atomic mass is 9.61. The van der Waals surface area contributed by atoms with Crippen molar-refractivity contribution in [3.8, 4) is 5.75 Å². The van der Waals surface area contributed by atoms with E-state index in [1.54, 1.807) is 25.4 Å². The van der Waals surface area contributed by atoms with Crippen molar-refractivity contribution in [3.05, 3.63) is 24.0 Å². The molecule has 1 aromatic rings. The van der Waals surface area contributed by atoms with E-state index in [9.17, 15) is 4.79 Å². The van der Waals surface area contributed by atoms with Crippen LogP contribution in [-0.4, -0.2) is 36.8 Å². The highest BCUT2D eigenvalue weighted by molar-refractivity contribution is 5.92. The maximum atomic E-state index is 12.6.